The Morgan fingerprint density at radius 3 is 2.75 bits per heavy atom. The normalized spacial score (nSPS) is 21.5. The molecule has 90 valence electrons. The highest BCUT2D eigenvalue weighted by molar-refractivity contribution is 6.71. The molecule has 0 aromatic heterocycles. The first-order chi connectivity index (χ1) is 7.57. The summed E-state index contributed by atoms with van der Waals surface area (Å²) in [5.74, 6) is 1.48. The van der Waals surface area contributed by atoms with Crippen LogP contribution in [0.25, 0.3) is 0 Å². The monoisotopic (exact) mass is 239 g/mol. The average Bonchev–Trinajstić information content (AvgIpc) is 2.78. The number of nitrogens with zero attached hydrogens (tertiary/aromatic N) is 1. The number of carbonyl (C=O) groups excluding carboxylic acids is 1. The van der Waals surface area contributed by atoms with E-state index in [0.717, 1.165) is 38.4 Å². The van der Waals surface area contributed by atoms with Gasteiger partial charge in [-0.25, -0.2) is 0 Å². The van der Waals surface area contributed by atoms with E-state index in [4.69, 9.17) is 4.43 Å². The van der Waals surface area contributed by atoms with Crippen LogP contribution in [0.15, 0.2) is 11.8 Å². The molecule has 4 heteroatoms. The molecule has 0 unspecified atom stereocenters. The van der Waals surface area contributed by atoms with Crippen LogP contribution >= 0.6 is 0 Å². The maximum Gasteiger partial charge on any atom is 0.263 e. The molecule has 1 saturated heterocycles. The Bertz CT molecular complexity index is 312. The standard InChI is InChI=1S/C12H21NO2Si/c1-16(2,15-11-6-3-4-7-11)10-13-9-5-8-12(13)14/h6H,3-5,7-10H2,1-2H3. The number of allylic oxidation sites excluding steroid dienone is 2. The van der Waals surface area contributed by atoms with E-state index in [-0.39, 0.29) is 0 Å². The van der Waals surface area contributed by atoms with Crippen molar-refractivity contribution in [1.82, 2.24) is 4.90 Å². The number of hydrogen-bond acceptors (Lipinski definition) is 2. The van der Waals surface area contributed by atoms with Crippen molar-refractivity contribution in [1.29, 1.82) is 0 Å². The lowest BCUT2D eigenvalue weighted by Crippen LogP contribution is -2.45. The summed E-state index contributed by atoms with van der Waals surface area (Å²) in [4.78, 5) is 13.6. The number of carbonyl (C=O) groups is 1. The van der Waals surface area contributed by atoms with Gasteiger partial charge in [0.25, 0.3) is 8.32 Å². The quantitative estimate of drug-likeness (QED) is 0.705. The zero-order chi connectivity index (χ0) is 11.6. The minimum atomic E-state index is -1.74. The highest BCUT2D eigenvalue weighted by Gasteiger charge is 2.32. The van der Waals surface area contributed by atoms with Gasteiger partial charge in [-0.3, -0.25) is 4.79 Å². The van der Waals surface area contributed by atoms with Gasteiger partial charge in [-0.1, -0.05) is 0 Å². The van der Waals surface area contributed by atoms with Gasteiger partial charge in [0.05, 0.1) is 5.76 Å². The van der Waals surface area contributed by atoms with E-state index in [9.17, 15) is 4.79 Å². The van der Waals surface area contributed by atoms with Gasteiger partial charge in [-0.2, -0.15) is 0 Å². The highest BCUT2D eigenvalue weighted by atomic mass is 28.4. The van der Waals surface area contributed by atoms with Crippen LogP contribution in [0.1, 0.15) is 32.1 Å². The van der Waals surface area contributed by atoms with Gasteiger partial charge in [0.2, 0.25) is 5.91 Å². The minimum absolute atomic E-state index is 0.310. The molecule has 0 spiro atoms. The van der Waals surface area contributed by atoms with E-state index in [2.05, 4.69) is 19.2 Å². The highest BCUT2D eigenvalue weighted by Crippen LogP contribution is 2.24. The lowest BCUT2D eigenvalue weighted by atomic mass is 10.4. The summed E-state index contributed by atoms with van der Waals surface area (Å²) in [5, 5.41) is 0. The van der Waals surface area contributed by atoms with Crippen LogP contribution in [0.5, 0.6) is 0 Å². The summed E-state index contributed by atoms with van der Waals surface area (Å²) < 4.78 is 6.12. The van der Waals surface area contributed by atoms with Crippen molar-refractivity contribution in [2.75, 3.05) is 12.7 Å². The Morgan fingerprint density at radius 2 is 2.19 bits per heavy atom. The van der Waals surface area contributed by atoms with Crippen LogP contribution < -0.4 is 0 Å². The molecule has 0 saturated carbocycles. The second kappa shape index (κ2) is 4.61. The molecule has 0 N–H and O–H groups in total. The van der Waals surface area contributed by atoms with Crippen molar-refractivity contribution < 1.29 is 9.22 Å². The van der Waals surface area contributed by atoms with Crippen LogP contribution in [-0.2, 0) is 9.22 Å². The summed E-state index contributed by atoms with van der Waals surface area (Å²) in [6, 6.07) is 0. The third-order valence-corrected chi connectivity index (χ3v) is 5.11. The molecule has 0 atom stereocenters. The first-order valence-electron chi connectivity index (χ1n) is 6.23. The maximum atomic E-state index is 11.6. The second-order valence-corrected chi connectivity index (χ2v) is 9.38. The summed E-state index contributed by atoms with van der Waals surface area (Å²) >= 11 is 0. The van der Waals surface area contributed by atoms with Crippen LogP contribution in [0.2, 0.25) is 13.1 Å². The Labute approximate surface area is 98.6 Å². The first kappa shape index (κ1) is 11.7. The first-order valence-corrected chi connectivity index (χ1v) is 9.34. The topological polar surface area (TPSA) is 29.5 Å². The maximum absolute atomic E-state index is 11.6. The molecule has 0 bridgehead atoms. The predicted molar refractivity (Wildman–Crippen MR) is 66.3 cm³/mol. The van der Waals surface area contributed by atoms with Crippen molar-refractivity contribution in [2.45, 2.75) is 45.2 Å². The van der Waals surface area contributed by atoms with E-state index in [1.165, 1.54) is 12.2 Å². The van der Waals surface area contributed by atoms with E-state index < -0.39 is 8.32 Å². The molecule has 1 amide bonds. The molecule has 0 radical (unpaired) electrons. The zero-order valence-electron chi connectivity index (χ0n) is 10.3. The van der Waals surface area contributed by atoms with E-state index in [1.54, 1.807) is 0 Å². The van der Waals surface area contributed by atoms with Gasteiger partial charge in [0.1, 0.15) is 0 Å². The van der Waals surface area contributed by atoms with Crippen molar-refractivity contribution in [3.05, 3.63) is 11.8 Å². The molecule has 1 fully saturated rings. The van der Waals surface area contributed by atoms with E-state index in [1.807, 2.05) is 4.90 Å². The lowest BCUT2D eigenvalue weighted by molar-refractivity contribution is -0.127. The van der Waals surface area contributed by atoms with Gasteiger partial charge in [-0.15, -0.1) is 0 Å². The van der Waals surface area contributed by atoms with Crippen molar-refractivity contribution in [3.8, 4) is 0 Å². The summed E-state index contributed by atoms with van der Waals surface area (Å²) in [6.07, 6.45) is 8.28. The Balaban J connectivity index is 1.88. The van der Waals surface area contributed by atoms with Crippen LogP contribution in [0.3, 0.4) is 0 Å². The molecule has 1 aliphatic heterocycles. The third-order valence-electron chi connectivity index (χ3n) is 3.15. The molecule has 0 aromatic rings. The van der Waals surface area contributed by atoms with Crippen LogP contribution in [-0.4, -0.2) is 31.8 Å². The molecule has 2 aliphatic rings. The van der Waals surface area contributed by atoms with Gasteiger partial charge >= 0.3 is 0 Å². The van der Waals surface area contributed by atoms with Gasteiger partial charge < -0.3 is 9.33 Å². The van der Waals surface area contributed by atoms with Gasteiger partial charge in [0.15, 0.2) is 0 Å². The predicted octanol–water partition coefficient (Wildman–Crippen LogP) is 2.44. The average molecular weight is 239 g/mol. The molecule has 3 nitrogen and oxygen atoms in total. The summed E-state index contributed by atoms with van der Waals surface area (Å²) in [5.41, 5.74) is 0. The Hall–Kier alpha value is -0.773. The van der Waals surface area contributed by atoms with Crippen LogP contribution in [0, 0.1) is 0 Å². The smallest absolute Gasteiger partial charge is 0.263 e. The van der Waals surface area contributed by atoms with E-state index in [0.29, 0.717) is 5.91 Å². The number of likely N-dealkylation sites (tertiary alicyclic amines) is 1. The fourth-order valence-corrected chi connectivity index (χ4v) is 4.67. The third kappa shape index (κ3) is 2.87. The summed E-state index contributed by atoms with van der Waals surface area (Å²) in [6.45, 7) is 5.34. The molecule has 1 aliphatic carbocycles. The Kier molecular flexibility index (Phi) is 3.38. The Morgan fingerprint density at radius 1 is 1.38 bits per heavy atom. The van der Waals surface area contributed by atoms with Gasteiger partial charge in [0, 0.05) is 25.6 Å². The second-order valence-electron chi connectivity index (χ2n) is 5.34. The van der Waals surface area contributed by atoms with Gasteiger partial charge in [-0.05, 0) is 38.4 Å². The molecule has 1 heterocycles. The summed E-state index contributed by atoms with van der Waals surface area (Å²) in [7, 11) is -1.74. The minimum Gasteiger partial charge on any atom is -0.546 e. The largest absolute Gasteiger partial charge is 0.546 e. The molecule has 2 rings (SSSR count). The van der Waals surface area contributed by atoms with Crippen molar-refractivity contribution >= 4 is 14.2 Å². The molecule has 0 aromatic carbocycles. The zero-order valence-corrected chi connectivity index (χ0v) is 11.3. The fraction of sp³-hybridized carbons (Fsp3) is 0.750. The number of amides is 1. The number of hydrogen-bond donors (Lipinski definition) is 0. The van der Waals surface area contributed by atoms with Crippen LogP contribution in [0.4, 0.5) is 0 Å². The van der Waals surface area contributed by atoms with Crippen molar-refractivity contribution in [3.63, 3.8) is 0 Å². The molecular formula is C12H21NO2Si. The van der Waals surface area contributed by atoms with E-state index >= 15 is 0 Å². The SMILES string of the molecule is C[Si](C)(CN1CCCC1=O)OC1=CCCC1. The molecular weight excluding hydrogens is 218 g/mol. The molecule has 16 heavy (non-hydrogen) atoms. The number of rotatable bonds is 4. The van der Waals surface area contributed by atoms with Crippen molar-refractivity contribution in [2.24, 2.45) is 0 Å². The fourth-order valence-electron chi connectivity index (χ4n) is 2.45. The lowest BCUT2D eigenvalue weighted by Gasteiger charge is -2.29.